The van der Waals surface area contributed by atoms with Crippen LogP contribution in [0.1, 0.15) is 71.6 Å². The van der Waals surface area contributed by atoms with E-state index in [9.17, 15) is 0 Å². The minimum Gasteiger partial charge on any atom is -0.103 e. The molecule has 116 valence electrons. The molecule has 0 heterocycles. The number of hydrogen-bond donors (Lipinski definition) is 0. The predicted molar refractivity (Wildman–Crippen MR) is 90.0 cm³/mol. The Morgan fingerprint density at radius 1 is 1.10 bits per heavy atom. The van der Waals surface area contributed by atoms with Gasteiger partial charge in [-0.2, -0.15) is 0 Å². The number of rotatable bonds is 1. The molecule has 0 aromatic heterocycles. The average Bonchev–Trinajstić information content (AvgIpc) is 2.83. The van der Waals surface area contributed by atoms with Crippen LogP contribution in [-0.2, 0) is 0 Å². The number of hydrogen-bond acceptors (Lipinski definition) is 0. The Kier molecular flexibility index (Phi) is 3.18. The number of fused-ring (bicyclic) bond motifs is 5. The summed E-state index contributed by atoms with van der Waals surface area (Å²) in [5.74, 6) is 3.71. The van der Waals surface area contributed by atoms with Gasteiger partial charge in [-0.25, -0.2) is 0 Å². The lowest BCUT2D eigenvalue weighted by molar-refractivity contribution is -0.0346. The lowest BCUT2D eigenvalue weighted by Gasteiger charge is -2.57. The van der Waals surface area contributed by atoms with Crippen molar-refractivity contribution in [3.05, 3.63) is 24.3 Å². The predicted octanol–water partition coefficient (Wildman–Crippen LogP) is 6.14. The first-order chi connectivity index (χ1) is 10.1. The summed E-state index contributed by atoms with van der Waals surface area (Å²) in [5.41, 5.74) is 2.98. The molecule has 0 N–H and O–H groups in total. The Morgan fingerprint density at radius 2 is 1.95 bits per heavy atom. The van der Waals surface area contributed by atoms with E-state index in [4.69, 9.17) is 0 Å². The van der Waals surface area contributed by atoms with Crippen molar-refractivity contribution in [3.63, 3.8) is 0 Å². The van der Waals surface area contributed by atoms with Gasteiger partial charge in [-0.1, -0.05) is 38.0 Å². The van der Waals surface area contributed by atoms with Crippen molar-refractivity contribution >= 4 is 0 Å². The molecule has 4 rings (SSSR count). The van der Waals surface area contributed by atoms with Crippen LogP contribution in [-0.4, -0.2) is 0 Å². The van der Waals surface area contributed by atoms with Crippen molar-refractivity contribution < 1.29 is 0 Å². The molecule has 0 radical (unpaired) electrons. The quantitative estimate of drug-likeness (QED) is 0.507. The van der Waals surface area contributed by atoms with Gasteiger partial charge in [0.25, 0.3) is 0 Å². The molecule has 0 aromatic rings. The molecule has 0 aromatic carbocycles. The summed E-state index contributed by atoms with van der Waals surface area (Å²) in [6.45, 7) is 9.37. The Morgan fingerprint density at radius 3 is 2.76 bits per heavy atom. The molecule has 0 bridgehead atoms. The van der Waals surface area contributed by atoms with Crippen LogP contribution in [0.2, 0.25) is 0 Å². The van der Waals surface area contributed by atoms with Crippen molar-refractivity contribution in [2.75, 3.05) is 0 Å². The van der Waals surface area contributed by atoms with Crippen LogP contribution in [0.15, 0.2) is 24.3 Å². The second-order valence-electron chi connectivity index (χ2n) is 8.93. The van der Waals surface area contributed by atoms with Crippen LogP contribution < -0.4 is 0 Å². The van der Waals surface area contributed by atoms with Crippen LogP contribution in [0.25, 0.3) is 0 Å². The van der Waals surface area contributed by atoms with E-state index in [1.54, 1.807) is 0 Å². The Bertz CT molecular complexity index is 472. The van der Waals surface area contributed by atoms with E-state index < -0.39 is 0 Å². The smallest absolute Gasteiger partial charge is 0.00853 e. The maximum Gasteiger partial charge on any atom is -0.00853 e. The van der Waals surface area contributed by atoms with Crippen molar-refractivity contribution in [1.82, 2.24) is 0 Å². The first-order valence-electron chi connectivity index (χ1n) is 9.41. The molecule has 4 aliphatic rings. The normalized spacial score (nSPS) is 52.4. The first kappa shape index (κ1) is 14.1. The molecule has 6 atom stereocenters. The Balaban J connectivity index is 1.69. The molecule has 3 saturated carbocycles. The molecule has 0 spiro atoms. The van der Waals surface area contributed by atoms with Crippen molar-refractivity contribution in [2.45, 2.75) is 71.6 Å². The molecular formula is C21H32. The monoisotopic (exact) mass is 284 g/mol. The third-order valence-electron chi connectivity index (χ3n) is 8.38. The molecular weight excluding hydrogens is 252 g/mol. The molecule has 0 heteroatoms. The first-order valence-corrected chi connectivity index (χ1v) is 9.41. The summed E-state index contributed by atoms with van der Waals surface area (Å²) in [6.07, 6.45) is 17.9. The van der Waals surface area contributed by atoms with E-state index in [1.165, 1.54) is 57.8 Å². The third kappa shape index (κ3) is 1.80. The highest BCUT2D eigenvalue weighted by atomic mass is 14.6. The van der Waals surface area contributed by atoms with Crippen molar-refractivity contribution in [2.24, 2.45) is 34.5 Å². The lowest BCUT2D eigenvalue weighted by Crippen LogP contribution is -2.49. The van der Waals surface area contributed by atoms with E-state index in [0.717, 1.165) is 23.7 Å². The fourth-order valence-corrected chi connectivity index (χ4v) is 7.13. The van der Waals surface area contributed by atoms with Gasteiger partial charge in [-0.3, -0.25) is 0 Å². The Labute approximate surface area is 131 Å². The highest BCUT2D eigenvalue weighted by Gasteiger charge is 2.57. The van der Waals surface area contributed by atoms with Gasteiger partial charge < -0.3 is 0 Å². The average molecular weight is 284 g/mol. The summed E-state index contributed by atoms with van der Waals surface area (Å²) in [4.78, 5) is 0. The summed E-state index contributed by atoms with van der Waals surface area (Å²) in [6, 6.07) is 0. The zero-order chi connectivity index (χ0) is 14.7. The van der Waals surface area contributed by atoms with Gasteiger partial charge in [0.15, 0.2) is 0 Å². The molecule has 0 unspecified atom stereocenters. The van der Waals surface area contributed by atoms with Gasteiger partial charge in [0.2, 0.25) is 0 Å². The maximum atomic E-state index is 4.15. The third-order valence-corrected chi connectivity index (χ3v) is 8.38. The topological polar surface area (TPSA) is 0 Å². The molecule has 21 heavy (non-hydrogen) atoms. The molecule has 0 aliphatic heterocycles. The van der Waals surface area contributed by atoms with Crippen LogP contribution in [0.5, 0.6) is 0 Å². The van der Waals surface area contributed by atoms with E-state index in [0.29, 0.717) is 10.8 Å². The fraction of sp³-hybridized carbons (Fsp3) is 0.810. The SMILES string of the molecule is C=C[C@H]1CC[C@H]2[C@@H]3CC=C4CCCC[C@]4(C)[C@H]3CC[C@]12C. The molecule has 0 nitrogen and oxygen atoms in total. The highest BCUT2D eigenvalue weighted by Crippen LogP contribution is 2.66. The van der Waals surface area contributed by atoms with Crippen molar-refractivity contribution in [3.8, 4) is 0 Å². The van der Waals surface area contributed by atoms with Gasteiger partial charge in [-0.15, -0.1) is 6.58 Å². The van der Waals surface area contributed by atoms with E-state index >= 15 is 0 Å². The standard InChI is InChI=1S/C21H32/c1-4-15-9-11-18-17-10-8-16-7-5-6-13-20(16,2)19(17)12-14-21(15,18)3/h4,8,15,17-19H,1,5-7,9-14H2,2-3H3/t15-,17-,18-,19-,20-,21+/m0/s1. The fourth-order valence-electron chi connectivity index (χ4n) is 7.13. The van der Waals surface area contributed by atoms with Crippen LogP contribution in [0, 0.1) is 34.5 Å². The summed E-state index contributed by atoms with van der Waals surface area (Å²) >= 11 is 0. The molecule has 3 fully saturated rings. The zero-order valence-corrected chi connectivity index (χ0v) is 14.0. The largest absolute Gasteiger partial charge is 0.103 e. The number of allylic oxidation sites excluding steroid dienone is 3. The summed E-state index contributed by atoms with van der Waals surface area (Å²) in [7, 11) is 0. The van der Waals surface area contributed by atoms with Gasteiger partial charge >= 0.3 is 0 Å². The minimum absolute atomic E-state index is 0.564. The second-order valence-corrected chi connectivity index (χ2v) is 8.93. The zero-order valence-electron chi connectivity index (χ0n) is 14.0. The van der Waals surface area contributed by atoms with Gasteiger partial charge in [0, 0.05) is 0 Å². The lowest BCUT2D eigenvalue weighted by atomic mass is 9.47. The molecule has 4 aliphatic carbocycles. The highest BCUT2D eigenvalue weighted by molar-refractivity contribution is 5.24. The van der Waals surface area contributed by atoms with Gasteiger partial charge in [0.05, 0.1) is 0 Å². The van der Waals surface area contributed by atoms with E-state index in [1.807, 2.05) is 5.57 Å². The van der Waals surface area contributed by atoms with Crippen LogP contribution in [0.4, 0.5) is 0 Å². The maximum absolute atomic E-state index is 4.15. The molecule has 0 saturated heterocycles. The van der Waals surface area contributed by atoms with Crippen LogP contribution in [0.3, 0.4) is 0 Å². The van der Waals surface area contributed by atoms with Crippen LogP contribution >= 0.6 is 0 Å². The summed E-state index contributed by atoms with van der Waals surface area (Å²) < 4.78 is 0. The second kappa shape index (κ2) is 4.74. The van der Waals surface area contributed by atoms with Gasteiger partial charge in [0.1, 0.15) is 0 Å². The van der Waals surface area contributed by atoms with E-state index in [-0.39, 0.29) is 0 Å². The minimum atomic E-state index is 0.564. The van der Waals surface area contributed by atoms with Crippen molar-refractivity contribution in [1.29, 1.82) is 0 Å². The molecule has 0 amide bonds. The summed E-state index contributed by atoms with van der Waals surface area (Å²) in [5, 5.41) is 0. The van der Waals surface area contributed by atoms with E-state index in [2.05, 4.69) is 32.6 Å². The van der Waals surface area contributed by atoms with Gasteiger partial charge in [-0.05, 0) is 85.9 Å². The Hall–Kier alpha value is -0.520.